The Morgan fingerprint density at radius 1 is 1.16 bits per heavy atom. The Hall–Kier alpha value is -2.07. The van der Waals surface area contributed by atoms with Crippen LogP contribution in [0.3, 0.4) is 0 Å². The summed E-state index contributed by atoms with van der Waals surface area (Å²) in [6.07, 6.45) is 0. The summed E-state index contributed by atoms with van der Waals surface area (Å²) < 4.78 is 18.1. The van der Waals surface area contributed by atoms with Gasteiger partial charge in [-0.1, -0.05) is 11.6 Å². The summed E-state index contributed by atoms with van der Waals surface area (Å²) in [7, 11) is 1.22. The molecule has 0 aliphatic heterocycles. The lowest BCUT2D eigenvalue weighted by molar-refractivity contribution is 0.0600. The number of aromatic hydroxyl groups is 1. The van der Waals surface area contributed by atoms with Crippen LogP contribution in [0.5, 0.6) is 5.75 Å². The number of ether oxygens (including phenoxy) is 1. The molecule has 0 heterocycles. The fourth-order valence-electron chi connectivity index (χ4n) is 1.73. The van der Waals surface area contributed by atoms with Gasteiger partial charge in [0.15, 0.2) is 0 Å². The van der Waals surface area contributed by atoms with E-state index < -0.39 is 11.8 Å². The highest BCUT2D eigenvalue weighted by Gasteiger charge is 2.11. The molecular formula is C14H10ClFO3. The molecule has 19 heavy (non-hydrogen) atoms. The van der Waals surface area contributed by atoms with Crippen LogP contribution in [0.15, 0.2) is 36.4 Å². The zero-order valence-corrected chi connectivity index (χ0v) is 10.7. The molecule has 0 saturated heterocycles. The Labute approximate surface area is 114 Å². The van der Waals surface area contributed by atoms with Crippen LogP contribution in [0.2, 0.25) is 5.02 Å². The number of halogens is 2. The number of rotatable bonds is 2. The molecule has 0 spiro atoms. The average Bonchev–Trinajstić information content (AvgIpc) is 2.36. The minimum absolute atomic E-state index is 0.0358. The van der Waals surface area contributed by atoms with E-state index in [4.69, 9.17) is 11.6 Å². The smallest absolute Gasteiger partial charge is 0.337 e. The molecule has 0 aromatic heterocycles. The molecule has 3 nitrogen and oxygen atoms in total. The molecule has 0 aliphatic rings. The first-order valence-electron chi connectivity index (χ1n) is 5.38. The molecule has 0 saturated carbocycles. The van der Waals surface area contributed by atoms with E-state index in [0.717, 1.165) is 6.07 Å². The van der Waals surface area contributed by atoms with E-state index in [1.54, 1.807) is 6.07 Å². The van der Waals surface area contributed by atoms with Crippen LogP contribution in [0.25, 0.3) is 11.1 Å². The largest absolute Gasteiger partial charge is 0.508 e. The topological polar surface area (TPSA) is 46.5 Å². The molecule has 1 N–H and O–H groups in total. The van der Waals surface area contributed by atoms with Crippen molar-refractivity contribution < 1.29 is 19.0 Å². The number of carbonyl (C=O) groups is 1. The van der Waals surface area contributed by atoms with Crippen LogP contribution < -0.4 is 0 Å². The fourth-order valence-corrected chi connectivity index (χ4v) is 1.96. The maximum absolute atomic E-state index is 13.5. The predicted octanol–water partition coefficient (Wildman–Crippen LogP) is 3.64. The van der Waals surface area contributed by atoms with Crippen molar-refractivity contribution in [1.82, 2.24) is 0 Å². The zero-order chi connectivity index (χ0) is 14.0. The number of phenols is 1. The first-order chi connectivity index (χ1) is 8.99. The number of hydrogen-bond donors (Lipinski definition) is 1. The number of phenolic OH excluding ortho intramolecular Hbond substituents is 1. The van der Waals surface area contributed by atoms with Gasteiger partial charge in [-0.2, -0.15) is 0 Å². The quantitative estimate of drug-likeness (QED) is 0.854. The highest BCUT2D eigenvalue weighted by atomic mass is 35.5. The minimum atomic E-state index is -0.632. The van der Waals surface area contributed by atoms with Gasteiger partial charge in [-0.15, -0.1) is 0 Å². The summed E-state index contributed by atoms with van der Waals surface area (Å²) in [6, 6.07) is 8.17. The standard InChI is InChI=1S/C14H10ClFO3/c1-19-14(18)10-2-8(4-12(16)5-10)9-3-11(15)7-13(17)6-9/h2-7,17H,1H3. The number of carbonyl (C=O) groups excluding carboxylic acids is 1. The van der Waals surface area contributed by atoms with Gasteiger partial charge in [0.2, 0.25) is 0 Å². The van der Waals surface area contributed by atoms with Crippen molar-refractivity contribution in [3.05, 3.63) is 52.8 Å². The Morgan fingerprint density at radius 2 is 1.84 bits per heavy atom. The van der Waals surface area contributed by atoms with Crippen LogP contribution in [-0.2, 0) is 4.74 Å². The molecule has 0 amide bonds. The van der Waals surface area contributed by atoms with Gasteiger partial charge in [0, 0.05) is 5.02 Å². The van der Waals surface area contributed by atoms with Gasteiger partial charge in [-0.05, 0) is 47.5 Å². The second-order valence-corrected chi connectivity index (χ2v) is 4.35. The highest BCUT2D eigenvalue weighted by Crippen LogP contribution is 2.29. The lowest BCUT2D eigenvalue weighted by atomic mass is 10.0. The maximum atomic E-state index is 13.5. The third-order valence-corrected chi connectivity index (χ3v) is 2.75. The summed E-state index contributed by atoms with van der Waals surface area (Å²) >= 11 is 5.82. The Kier molecular flexibility index (Phi) is 3.71. The van der Waals surface area contributed by atoms with Gasteiger partial charge in [-0.3, -0.25) is 0 Å². The van der Waals surface area contributed by atoms with Crippen LogP contribution in [0.1, 0.15) is 10.4 Å². The lowest BCUT2D eigenvalue weighted by Gasteiger charge is -2.06. The Bertz CT molecular complexity index is 620. The van der Waals surface area contributed by atoms with E-state index in [0.29, 0.717) is 16.1 Å². The maximum Gasteiger partial charge on any atom is 0.337 e. The molecular weight excluding hydrogens is 271 g/mol. The molecule has 0 radical (unpaired) electrons. The van der Waals surface area contributed by atoms with Crippen molar-refractivity contribution in [3.8, 4) is 16.9 Å². The Balaban J connectivity index is 2.55. The van der Waals surface area contributed by atoms with Crippen LogP contribution >= 0.6 is 11.6 Å². The van der Waals surface area contributed by atoms with Gasteiger partial charge in [0.05, 0.1) is 12.7 Å². The van der Waals surface area contributed by atoms with E-state index in [2.05, 4.69) is 4.74 Å². The summed E-state index contributed by atoms with van der Waals surface area (Å²) in [5.74, 6) is -1.24. The van der Waals surface area contributed by atoms with E-state index in [-0.39, 0.29) is 11.3 Å². The summed E-state index contributed by atoms with van der Waals surface area (Å²) in [5, 5.41) is 9.80. The average molecular weight is 281 g/mol. The van der Waals surface area contributed by atoms with Crippen molar-refractivity contribution in [3.63, 3.8) is 0 Å². The lowest BCUT2D eigenvalue weighted by Crippen LogP contribution is -2.02. The molecule has 98 valence electrons. The van der Waals surface area contributed by atoms with Gasteiger partial charge >= 0.3 is 5.97 Å². The van der Waals surface area contributed by atoms with Gasteiger partial charge < -0.3 is 9.84 Å². The molecule has 2 rings (SSSR count). The van der Waals surface area contributed by atoms with Gasteiger partial charge in [-0.25, -0.2) is 9.18 Å². The van der Waals surface area contributed by atoms with Crippen LogP contribution in [0, 0.1) is 5.82 Å². The second kappa shape index (κ2) is 5.28. The highest BCUT2D eigenvalue weighted by molar-refractivity contribution is 6.31. The normalized spacial score (nSPS) is 10.3. The fraction of sp³-hybridized carbons (Fsp3) is 0.0714. The van der Waals surface area contributed by atoms with Crippen molar-refractivity contribution in [2.75, 3.05) is 7.11 Å². The molecule has 0 fully saturated rings. The Morgan fingerprint density at radius 3 is 2.47 bits per heavy atom. The molecule has 0 unspecified atom stereocenters. The number of methoxy groups -OCH3 is 1. The summed E-state index contributed by atoms with van der Waals surface area (Å²) in [6.45, 7) is 0. The van der Waals surface area contributed by atoms with Crippen molar-refractivity contribution in [1.29, 1.82) is 0 Å². The molecule has 2 aromatic carbocycles. The molecule has 2 aromatic rings. The molecule has 0 aliphatic carbocycles. The van der Waals surface area contributed by atoms with E-state index in [1.807, 2.05) is 0 Å². The molecule has 5 heteroatoms. The second-order valence-electron chi connectivity index (χ2n) is 3.92. The van der Waals surface area contributed by atoms with E-state index in [1.165, 1.54) is 31.4 Å². The number of esters is 1. The molecule has 0 atom stereocenters. The monoisotopic (exact) mass is 280 g/mol. The minimum Gasteiger partial charge on any atom is -0.508 e. The third-order valence-electron chi connectivity index (χ3n) is 2.53. The van der Waals surface area contributed by atoms with Gasteiger partial charge in [0.25, 0.3) is 0 Å². The predicted molar refractivity (Wildman–Crippen MR) is 69.9 cm³/mol. The van der Waals surface area contributed by atoms with Crippen LogP contribution in [-0.4, -0.2) is 18.2 Å². The number of benzene rings is 2. The molecule has 0 bridgehead atoms. The van der Waals surface area contributed by atoms with E-state index in [9.17, 15) is 14.3 Å². The SMILES string of the molecule is COC(=O)c1cc(F)cc(-c2cc(O)cc(Cl)c2)c1. The zero-order valence-electron chi connectivity index (χ0n) is 9.98. The van der Waals surface area contributed by atoms with Crippen molar-refractivity contribution in [2.45, 2.75) is 0 Å². The third kappa shape index (κ3) is 3.03. The van der Waals surface area contributed by atoms with Crippen molar-refractivity contribution >= 4 is 17.6 Å². The summed E-state index contributed by atoms with van der Waals surface area (Å²) in [4.78, 5) is 11.4. The summed E-state index contributed by atoms with van der Waals surface area (Å²) in [5.41, 5.74) is 1.03. The number of hydrogen-bond acceptors (Lipinski definition) is 3. The van der Waals surface area contributed by atoms with E-state index >= 15 is 0 Å². The van der Waals surface area contributed by atoms with Gasteiger partial charge in [0.1, 0.15) is 11.6 Å². The first-order valence-corrected chi connectivity index (χ1v) is 5.76. The van der Waals surface area contributed by atoms with Crippen LogP contribution in [0.4, 0.5) is 4.39 Å². The first kappa shape index (κ1) is 13.4. The van der Waals surface area contributed by atoms with Crippen molar-refractivity contribution in [2.24, 2.45) is 0 Å².